The Balaban J connectivity index is 2.93. The Morgan fingerprint density at radius 1 is 1.31 bits per heavy atom. The molecule has 0 aliphatic rings. The van der Waals surface area contributed by atoms with Crippen molar-refractivity contribution in [3.05, 3.63) is 29.6 Å². The van der Waals surface area contributed by atoms with Gasteiger partial charge in [0, 0.05) is 17.7 Å². The number of esters is 2. The molecular weight excluding hydrogens is 210 g/mol. The minimum absolute atomic E-state index is 0.138. The Morgan fingerprint density at radius 3 is 2.69 bits per heavy atom. The van der Waals surface area contributed by atoms with E-state index in [2.05, 4.69) is 26.3 Å². The highest BCUT2D eigenvalue weighted by molar-refractivity contribution is 5.90. The highest BCUT2D eigenvalue weighted by atomic mass is 16.5. The highest BCUT2D eigenvalue weighted by Crippen LogP contribution is 2.01. The zero-order chi connectivity index (χ0) is 12.0. The van der Waals surface area contributed by atoms with Crippen LogP contribution in [0.5, 0.6) is 0 Å². The van der Waals surface area contributed by atoms with Crippen LogP contribution in [0, 0.1) is 11.8 Å². The van der Waals surface area contributed by atoms with Crippen LogP contribution in [0.4, 0.5) is 0 Å². The maximum atomic E-state index is 11.1. The van der Waals surface area contributed by atoms with Crippen molar-refractivity contribution in [2.75, 3.05) is 14.2 Å². The molecule has 82 valence electrons. The second kappa shape index (κ2) is 5.51. The second-order valence-corrected chi connectivity index (χ2v) is 2.66. The summed E-state index contributed by atoms with van der Waals surface area (Å²) < 4.78 is 8.85. The van der Waals surface area contributed by atoms with Gasteiger partial charge in [-0.15, -0.1) is 0 Å². The third kappa shape index (κ3) is 3.10. The van der Waals surface area contributed by atoms with Gasteiger partial charge in [-0.25, -0.2) is 14.6 Å². The minimum Gasteiger partial charge on any atom is -0.464 e. The quantitative estimate of drug-likeness (QED) is 0.505. The van der Waals surface area contributed by atoms with Gasteiger partial charge in [0.15, 0.2) is 0 Å². The smallest absolute Gasteiger partial charge is 0.384 e. The molecule has 5 nitrogen and oxygen atoms in total. The van der Waals surface area contributed by atoms with Gasteiger partial charge in [-0.3, -0.25) is 0 Å². The normalized spacial score (nSPS) is 8.62. The summed E-state index contributed by atoms with van der Waals surface area (Å²) in [6, 6.07) is 3.00. The van der Waals surface area contributed by atoms with E-state index in [4.69, 9.17) is 0 Å². The van der Waals surface area contributed by atoms with E-state index in [1.165, 1.54) is 26.5 Å². The lowest BCUT2D eigenvalue weighted by Crippen LogP contribution is -2.04. The summed E-state index contributed by atoms with van der Waals surface area (Å²) in [4.78, 5) is 25.7. The number of nitrogens with zero attached hydrogens (tertiary/aromatic N) is 1. The van der Waals surface area contributed by atoms with Crippen molar-refractivity contribution in [2.24, 2.45) is 0 Å². The number of pyridine rings is 1. The van der Waals surface area contributed by atoms with Gasteiger partial charge < -0.3 is 9.47 Å². The summed E-state index contributed by atoms with van der Waals surface area (Å²) in [5.41, 5.74) is 0.625. The maximum absolute atomic E-state index is 11.1. The monoisotopic (exact) mass is 219 g/mol. The lowest BCUT2D eigenvalue weighted by Gasteiger charge is -1.97. The largest absolute Gasteiger partial charge is 0.464 e. The van der Waals surface area contributed by atoms with Crippen molar-refractivity contribution in [1.29, 1.82) is 0 Å². The van der Waals surface area contributed by atoms with Gasteiger partial charge in [-0.05, 0) is 12.1 Å². The van der Waals surface area contributed by atoms with Crippen LogP contribution in [0.1, 0.15) is 16.1 Å². The Kier molecular flexibility index (Phi) is 4.04. The summed E-state index contributed by atoms with van der Waals surface area (Å²) in [7, 11) is 2.50. The van der Waals surface area contributed by atoms with Crippen LogP contribution in [-0.4, -0.2) is 31.1 Å². The fourth-order valence-corrected chi connectivity index (χ4v) is 0.899. The highest BCUT2D eigenvalue weighted by Gasteiger charge is 2.06. The summed E-state index contributed by atoms with van der Waals surface area (Å²) in [5.74, 6) is 3.59. The molecule has 0 fully saturated rings. The van der Waals surface area contributed by atoms with E-state index in [0.29, 0.717) is 5.56 Å². The van der Waals surface area contributed by atoms with Crippen LogP contribution in [-0.2, 0) is 14.3 Å². The van der Waals surface area contributed by atoms with Gasteiger partial charge in [0.05, 0.1) is 14.2 Å². The summed E-state index contributed by atoms with van der Waals surface area (Å²) in [6.45, 7) is 0. The number of carbonyl (C=O) groups is 2. The molecule has 0 amide bonds. The predicted molar refractivity (Wildman–Crippen MR) is 54.5 cm³/mol. The molecule has 1 aromatic heterocycles. The van der Waals surface area contributed by atoms with Gasteiger partial charge in [0.25, 0.3) is 0 Å². The molecule has 0 aromatic carbocycles. The molecule has 0 N–H and O–H groups in total. The lowest BCUT2D eigenvalue weighted by molar-refractivity contribution is -0.133. The van der Waals surface area contributed by atoms with E-state index in [1.807, 2.05) is 0 Å². The molecule has 0 atom stereocenters. The van der Waals surface area contributed by atoms with E-state index in [0.717, 1.165) is 0 Å². The van der Waals surface area contributed by atoms with E-state index >= 15 is 0 Å². The molecule has 0 radical (unpaired) electrons. The SMILES string of the molecule is COC(=O)C#Cc1ccnc(C(=O)OC)c1. The fourth-order valence-electron chi connectivity index (χ4n) is 0.899. The van der Waals surface area contributed by atoms with Crippen LogP contribution in [0.2, 0.25) is 0 Å². The van der Waals surface area contributed by atoms with Crippen molar-refractivity contribution in [3.63, 3.8) is 0 Å². The average molecular weight is 219 g/mol. The van der Waals surface area contributed by atoms with Crippen molar-refractivity contribution in [3.8, 4) is 11.8 Å². The molecule has 1 heterocycles. The summed E-state index contributed by atoms with van der Waals surface area (Å²) in [5, 5.41) is 0. The molecule has 1 rings (SSSR count). The van der Waals surface area contributed by atoms with Gasteiger partial charge in [-0.1, -0.05) is 5.92 Å². The Morgan fingerprint density at radius 2 is 2.06 bits per heavy atom. The first-order valence-electron chi connectivity index (χ1n) is 4.31. The molecule has 0 saturated carbocycles. The van der Waals surface area contributed by atoms with Gasteiger partial charge in [0.2, 0.25) is 0 Å². The molecule has 0 spiro atoms. The van der Waals surface area contributed by atoms with Crippen LogP contribution < -0.4 is 0 Å². The van der Waals surface area contributed by atoms with Crippen molar-refractivity contribution >= 4 is 11.9 Å². The van der Waals surface area contributed by atoms with E-state index in [9.17, 15) is 9.59 Å². The van der Waals surface area contributed by atoms with Crippen LogP contribution in [0.25, 0.3) is 0 Å². The molecule has 0 aliphatic carbocycles. The number of methoxy groups -OCH3 is 2. The number of carbonyl (C=O) groups excluding carboxylic acids is 2. The second-order valence-electron chi connectivity index (χ2n) is 2.66. The first-order chi connectivity index (χ1) is 7.67. The van der Waals surface area contributed by atoms with Crippen LogP contribution in [0.3, 0.4) is 0 Å². The Hall–Kier alpha value is -2.35. The molecule has 0 saturated heterocycles. The maximum Gasteiger partial charge on any atom is 0.384 e. The number of hydrogen-bond acceptors (Lipinski definition) is 5. The molecule has 0 bridgehead atoms. The Labute approximate surface area is 92.4 Å². The lowest BCUT2D eigenvalue weighted by atomic mass is 10.2. The zero-order valence-corrected chi connectivity index (χ0v) is 8.81. The topological polar surface area (TPSA) is 65.5 Å². The summed E-state index contributed by atoms with van der Waals surface area (Å²) >= 11 is 0. The average Bonchev–Trinajstić information content (AvgIpc) is 2.35. The van der Waals surface area contributed by atoms with Crippen LogP contribution in [0.15, 0.2) is 18.3 Å². The van der Waals surface area contributed by atoms with Crippen molar-refractivity contribution < 1.29 is 19.1 Å². The van der Waals surface area contributed by atoms with E-state index in [1.54, 1.807) is 6.07 Å². The number of ether oxygens (including phenoxy) is 2. The third-order valence-electron chi connectivity index (χ3n) is 1.65. The number of rotatable bonds is 1. The fraction of sp³-hybridized carbons (Fsp3) is 0.182. The van der Waals surface area contributed by atoms with Gasteiger partial charge >= 0.3 is 11.9 Å². The number of aromatic nitrogens is 1. The molecule has 1 aromatic rings. The third-order valence-corrected chi connectivity index (χ3v) is 1.65. The first kappa shape index (κ1) is 11.7. The standard InChI is InChI=1S/C11H9NO4/c1-15-10(13)4-3-8-5-6-12-9(7-8)11(14)16-2/h5-7H,1-2H3. The van der Waals surface area contributed by atoms with Gasteiger partial charge in [-0.2, -0.15) is 0 Å². The molecule has 0 aliphatic heterocycles. The van der Waals surface area contributed by atoms with Crippen molar-refractivity contribution in [2.45, 2.75) is 0 Å². The molecule has 0 unspecified atom stereocenters. The van der Waals surface area contributed by atoms with E-state index in [-0.39, 0.29) is 5.69 Å². The van der Waals surface area contributed by atoms with Crippen molar-refractivity contribution in [1.82, 2.24) is 4.98 Å². The summed E-state index contributed by atoms with van der Waals surface area (Å²) in [6.07, 6.45) is 1.41. The zero-order valence-electron chi connectivity index (χ0n) is 8.81. The van der Waals surface area contributed by atoms with Crippen LogP contribution >= 0.6 is 0 Å². The predicted octanol–water partition coefficient (Wildman–Crippen LogP) is 0.393. The number of hydrogen-bond donors (Lipinski definition) is 0. The molecule has 16 heavy (non-hydrogen) atoms. The van der Waals surface area contributed by atoms with E-state index < -0.39 is 11.9 Å². The molecule has 5 heteroatoms. The molecular formula is C11H9NO4. The Bertz CT molecular complexity index is 470. The van der Waals surface area contributed by atoms with Gasteiger partial charge in [0.1, 0.15) is 5.69 Å². The minimum atomic E-state index is -0.642. The first-order valence-corrected chi connectivity index (χ1v) is 4.31.